The smallest absolute Gasteiger partial charge is 0.216 e. The van der Waals surface area contributed by atoms with E-state index in [1.807, 2.05) is 6.92 Å². The first-order valence-corrected chi connectivity index (χ1v) is 6.85. The molecule has 0 bridgehead atoms. The Morgan fingerprint density at radius 3 is 2.89 bits per heavy atom. The molecule has 2 rings (SSSR count). The van der Waals surface area contributed by atoms with Crippen LogP contribution in [-0.4, -0.2) is 22.7 Å². The minimum atomic E-state index is -0.200. The Kier molecular flexibility index (Phi) is 4.27. The van der Waals surface area contributed by atoms with E-state index in [4.69, 9.17) is 16.3 Å². The maximum absolute atomic E-state index is 12.6. The summed E-state index contributed by atoms with van der Waals surface area (Å²) in [5.41, 5.74) is 0.840. The molecule has 1 aromatic heterocycles. The number of ketones is 1. The molecule has 19 heavy (non-hydrogen) atoms. The van der Waals surface area contributed by atoms with E-state index in [1.54, 1.807) is 22.9 Å². The molecule has 6 heteroatoms. The molecular formula is C13H12BrClN2O2. The van der Waals surface area contributed by atoms with Gasteiger partial charge in [0.25, 0.3) is 0 Å². The van der Waals surface area contributed by atoms with E-state index in [1.165, 1.54) is 13.3 Å². The molecular weight excluding hydrogens is 332 g/mol. The van der Waals surface area contributed by atoms with Crippen LogP contribution in [0, 0.1) is 0 Å². The van der Waals surface area contributed by atoms with Gasteiger partial charge in [0.05, 0.1) is 23.9 Å². The highest BCUT2D eigenvalue weighted by Gasteiger charge is 2.21. The van der Waals surface area contributed by atoms with Gasteiger partial charge in [-0.1, -0.05) is 27.5 Å². The predicted octanol–water partition coefficient (Wildman–Crippen LogP) is 3.56. The van der Waals surface area contributed by atoms with Crippen molar-refractivity contribution in [3.8, 4) is 5.75 Å². The highest BCUT2D eigenvalue weighted by molar-refractivity contribution is 9.10. The van der Waals surface area contributed by atoms with Crippen molar-refractivity contribution in [2.45, 2.75) is 13.5 Å². The lowest BCUT2D eigenvalue weighted by Crippen LogP contribution is -2.12. The first kappa shape index (κ1) is 14.1. The maximum Gasteiger partial charge on any atom is 0.216 e. The van der Waals surface area contributed by atoms with Crippen LogP contribution in [0.15, 0.2) is 28.9 Å². The third kappa shape index (κ3) is 2.67. The van der Waals surface area contributed by atoms with Crippen molar-refractivity contribution in [3.63, 3.8) is 0 Å². The summed E-state index contributed by atoms with van der Waals surface area (Å²) in [6, 6.07) is 5.23. The molecule has 1 heterocycles. The lowest BCUT2D eigenvalue weighted by atomic mass is 10.1. The lowest BCUT2D eigenvalue weighted by Gasteiger charge is -2.09. The largest absolute Gasteiger partial charge is 0.496 e. The summed E-state index contributed by atoms with van der Waals surface area (Å²) in [6.45, 7) is 2.48. The molecule has 0 N–H and O–H groups in total. The first-order valence-electron chi connectivity index (χ1n) is 5.68. The van der Waals surface area contributed by atoms with E-state index in [0.717, 1.165) is 4.47 Å². The van der Waals surface area contributed by atoms with E-state index in [0.29, 0.717) is 28.6 Å². The van der Waals surface area contributed by atoms with Gasteiger partial charge >= 0.3 is 0 Å². The number of benzene rings is 1. The van der Waals surface area contributed by atoms with Gasteiger partial charge in [0, 0.05) is 11.0 Å². The van der Waals surface area contributed by atoms with Crippen molar-refractivity contribution in [2.24, 2.45) is 0 Å². The second-order valence-electron chi connectivity index (χ2n) is 3.83. The number of methoxy groups -OCH3 is 1. The van der Waals surface area contributed by atoms with Gasteiger partial charge in [-0.15, -0.1) is 0 Å². The molecule has 0 atom stereocenters. The van der Waals surface area contributed by atoms with Crippen LogP contribution in [0.25, 0.3) is 0 Å². The highest BCUT2D eigenvalue weighted by Crippen LogP contribution is 2.28. The summed E-state index contributed by atoms with van der Waals surface area (Å²) in [6.07, 6.45) is 1.48. The van der Waals surface area contributed by atoms with Crippen molar-refractivity contribution >= 4 is 33.3 Å². The minimum absolute atomic E-state index is 0.200. The molecule has 0 spiro atoms. The van der Waals surface area contributed by atoms with Crippen LogP contribution in [0.4, 0.5) is 0 Å². The molecule has 0 aliphatic heterocycles. The number of carbonyl (C=O) groups excluding carboxylic acids is 1. The number of hydrogen-bond acceptors (Lipinski definition) is 3. The number of hydrogen-bond donors (Lipinski definition) is 0. The van der Waals surface area contributed by atoms with E-state index in [9.17, 15) is 4.79 Å². The third-order valence-electron chi connectivity index (χ3n) is 2.72. The molecule has 1 aromatic carbocycles. The fourth-order valence-electron chi connectivity index (χ4n) is 1.81. The SMILES string of the molecule is CCn1ncc(Cl)c1C(=O)c1ccc(Br)cc1OC. The Morgan fingerprint density at radius 2 is 2.26 bits per heavy atom. The molecule has 0 unspecified atom stereocenters. The van der Waals surface area contributed by atoms with Crippen LogP contribution < -0.4 is 4.74 Å². The zero-order chi connectivity index (χ0) is 14.0. The zero-order valence-corrected chi connectivity index (χ0v) is 12.8. The molecule has 0 amide bonds. The highest BCUT2D eigenvalue weighted by atomic mass is 79.9. The molecule has 4 nitrogen and oxygen atoms in total. The topological polar surface area (TPSA) is 44.1 Å². The maximum atomic E-state index is 12.6. The fraction of sp³-hybridized carbons (Fsp3) is 0.231. The Labute approximate surface area is 124 Å². The molecule has 0 saturated heterocycles. The van der Waals surface area contributed by atoms with Crippen LogP contribution in [0.2, 0.25) is 5.02 Å². The van der Waals surface area contributed by atoms with Crippen LogP contribution in [0.5, 0.6) is 5.75 Å². The molecule has 2 aromatic rings. The monoisotopic (exact) mass is 342 g/mol. The average molecular weight is 344 g/mol. The second kappa shape index (κ2) is 5.75. The summed E-state index contributed by atoms with van der Waals surface area (Å²) in [7, 11) is 1.53. The van der Waals surface area contributed by atoms with E-state index in [2.05, 4.69) is 21.0 Å². The average Bonchev–Trinajstić information content (AvgIpc) is 2.78. The van der Waals surface area contributed by atoms with Gasteiger partial charge < -0.3 is 4.74 Å². The zero-order valence-electron chi connectivity index (χ0n) is 10.5. The van der Waals surface area contributed by atoms with Gasteiger partial charge in [0.2, 0.25) is 5.78 Å². The number of rotatable bonds is 4. The van der Waals surface area contributed by atoms with Crippen LogP contribution in [-0.2, 0) is 6.54 Å². The fourth-order valence-corrected chi connectivity index (χ4v) is 2.38. The Morgan fingerprint density at radius 1 is 1.53 bits per heavy atom. The van der Waals surface area contributed by atoms with Crippen molar-refractivity contribution in [3.05, 3.63) is 45.1 Å². The van der Waals surface area contributed by atoms with Crippen molar-refractivity contribution in [1.82, 2.24) is 9.78 Å². The Bertz CT molecular complexity index is 625. The Balaban J connectivity index is 2.53. The van der Waals surface area contributed by atoms with Gasteiger partial charge in [-0.2, -0.15) is 5.10 Å². The number of nitrogens with zero attached hydrogens (tertiary/aromatic N) is 2. The van der Waals surface area contributed by atoms with Crippen molar-refractivity contribution in [2.75, 3.05) is 7.11 Å². The molecule has 100 valence electrons. The number of ether oxygens (including phenoxy) is 1. The molecule has 0 fully saturated rings. The summed E-state index contributed by atoms with van der Waals surface area (Å²) >= 11 is 9.38. The number of aromatic nitrogens is 2. The van der Waals surface area contributed by atoms with Crippen molar-refractivity contribution in [1.29, 1.82) is 0 Å². The summed E-state index contributed by atoms with van der Waals surface area (Å²) in [5, 5.41) is 4.41. The number of carbonyl (C=O) groups is 1. The van der Waals surface area contributed by atoms with Gasteiger partial charge in [-0.25, -0.2) is 0 Å². The third-order valence-corrected chi connectivity index (χ3v) is 3.49. The first-order chi connectivity index (χ1) is 9.08. The molecule has 0 saturated carbocycles. The standard InChI is InChI=1S/C13H12BrClN2O2/c1-3-17-12(10(15)7-16-17)13(18)9-5-4-8(14)6-11(9)19-2/h4-7H,3H2,1-2H3. The normalized spacial score (nSPS) is 10.5. The summed E-state index contributed by atoms with van der Waals surface area (Å²) in [5.74, 6) is 0.299. The summed E-state index contributed by atoms with van der Waals surface area (Å²) < 4.78 is 7.65. The molecule has 0 aliphatic carbocycles. The van der Waals surface area contributed by atoms with E-state index in [-0.39, 0.29) is 5.78 Å². The summed E-state index contributed by atoms with van der Waals surface area (Å²) in [4.78, 5) is 12.6. The van der Waals surface area contributed by atoms with E-state index < -0.39 is 0 Å². The number of halogens is 2. The van der Waals surface area contributed by atoms with Gasteiger partial charge in [0.15, 0.2) is 0 Å². The van der Waals surface area contributed by atoms with Gasteiger partial charge in [0.1, 0.15) is 11.4 Å². The van der Waals surface area contributed by atoms with Crippen LogP contribution in [0.3, 0.4) is 0 Å². The predicted molar refractivity (Wildman–Crippen MR) is 77.0 cm³/mol. The molecule has 0 aliphatic rings. The Hall–Kier alpha value is -1.33. The minimum Gasteiger partial charge on any atom is -0.496 e. The van der Waals surface area contributed by atoms with Gasteiger partial charge in [-0.05, 0) is 25.1 Å². The van der Waals surface area contributed by atoms with E-state index >= 15 is 0 Å². The van der Waals surface area contributed by atoms with Crippen LogP contribution >= 0.6 is 27.5 Å². The lowest BCUT2D eigenvalue weighted by molar-refractivity contribution is 0.102. The van der Waals surface area contributed by atoms with Gasteiger partial charge in [-0.3, -0.25) is 9.48 Å². The quantitative estimate of drug-likeness (QED) is 0.797. The van der Waals surface area contributed by atoms with Crippen LogP contribution in [0.1, 0.15) is 23.0 Å². The molecule has 0 radical (unpaired) electrons. The number of aryl methyl sites for hydroxylation is 1. The van der Waals surface area contributed by atoms with Crippen molar-refractivity contribution < 1.29 is 9.53 Å². The second-order valence-corrected chi connectivity index (χ2v) is 5.15.